The van der Waals surface area contributed by atoms with Crippen molar-refractivity contribution in [2.45, 2.75) is 41.5 Å². The third-order valence-electron chi connectivity index (χ3n) is 9.94. The summed E-state index contributed by atoms with van der Waals surface area (Å²) in [4.78, 5) is 20.1. The van der Waals surface area contributed by atoms with Crippen LogP contribution in [0.25, 0.3) is 33.5 Å². The number of aryl methyl sites for hydroxylation is 6. The van der Waals surface area contributed by atoms with E-state index in [9.17, 15) is 0 Å². The minimum absolute atomic E-state index is 0.535. The Balaban J connectivity index is 1.36. The van der Waals surface area contributed by atoms with Gasteiger partial charge in [0.2, 0.25) is 5.95 Å². The van der Waals surface area contributed by atoms with Gasteiger partial charge in [0.05, 0.1) is 17.1 Å². The molecule has 0 aliphatic rings. The van der Waals surface area contributed by atoms with E-state index in [1.807, 2.05) is 36.4 Å². The molecule has 7 aromatic carbocycles. The van der Waals surface area contributed by atoms with E-state index in [4.69, 9.17) is 15.0 Å². The van der Waals surface area contributed by atoms with Crippen molar-refractivity contribution in [3.63, 3.8) is 0 Å². The van der Waals surface area contributed by atoms with Gasteiger partial charge in [0.25, 0.3) is 0 Å². The Bertz CT molecular complexity index is 2530. The summed E-state index contributed by atoms with van der Waals surface area (Å²) in [5, 5.41) is 2.30. The fourth-order valence-electron chi connectivity index (χ4n) is 7.79. The molecule has 0 N–H and O–H groups in total. The van der Waals surface area contributed by atoms with Gasteiger partial charge in [-0.15, -0.1) is 0 Å². The van der Waals surface area contributed by atoms with Crippen LogP contribution in [-0.2, 0) is 0 Å². The van der Waals surface area contributed by atoms with E-state index >= 15 is 0 Å². The van der Waals surface area contributed by atoms with E-state index in [1.165, 1.54) is 50.1 Å². The molecule has 5 nitrogen and oxygen atoms in total. The highest BCUT2D eigenvalue weighted by Crippen LogP contribution is 2.45. The number of nitrogens with zero attached hydrogens (tertiary/aromatic N) is 5. The van der Waals surface area contributed by atoms with Gasteiger partial charge in [-0.1, -0.05) is 126 Å². The Kier molecular flexibility index (Phi) is 9.22. The molecule has 8 aromatic rings. The predicted molar refractivity (Wildman–Crippen MR) is 226 cm³/mol. The van der Waals surface area contributed by atoms with Crippen LogP contribution >= 0.6 is 0 Å². The molecule has 0 aliphatic heterocycles. The van der Waals surface area contributed by atoms with E-state index < -0.39 is 0 Å². The fourth-order valence-corrected chi connectivity index (χ4v) is 7.79. The Morgan fingerprint density at radius 2 is 0.833 bits per heavy atom. The molecule has 0 spiro atoms. The van der Waals surface area contributed by atoms with Crippen LogP contribution in [0.3, 0.4) is 0 Å². The largest absolute Gasteiger partial charge is 0.309 e. The average Bonchev–Trinajstić information content (AvgIpc) is 3.17. The van der Waals surface area contributed by atoms with Gasteiger partial charge in [-0.3, -0.25) is 4.90 Å². The Labute approximate surface area is 318 Å². The molecule has 5 heteroatoms. The van der Waals surface area contributed by atoms with Crippen LogP contribution in [0.4, 0.5) is 34.4 Å². The van der Waals surface area contributed by atoms with Gasteiger partial charge in [-0.05, 0) is 111 Å². The molecule has 0 saturated carbocycles. The maximum absolute atomic E-state index is 5.25. The van der Waals surface area contributed by atoms with E-state index in [0.717, 1.165) is 33.6 Å². The lowest BCUT2D eigenvalue weighted by atomic mass is 9.98. The first-order chi connectivity index (χ1) is 26.2. The topological polar surface area (TPSA) is 45.2 Å². The van der Waals surface area contributed by atoms with Crippen molar-refractivity contribution in [1.82, 2.24) is 15.0 Å². The summed E-state index contributed by atoms with van der Waals surface area (Å²) in [5.41, 5.74) is 14.5. The average molecular weight is 702 g/mol. The monoisotopic (exact) mass is 701 g/mol. The SMILES string of the molecule is Cc1cc(C)c(N(c2cccc(N(c3ccccc3)c3nc(-c4ccccc4)nc(-c4ccc5ccccc5c4)n3)c2)c2c(C)cc(C)cc2C)c(C)c1. The molecule has 1 aromatic heterocycles. The van der Waals surface area contributed by atoms with Crippen LogP contribution in [0.5, 0.6) is 0 Å². The lowest BCUT2D eigenvalue weighted by Crippen LogP contribution is -2.18. The molecule has 0 fully saturated rings. The summed E-state index contributed by atoms with van der Waals surface area (Å²) in [5.74, 6) is 1.76. The number of benzene rings is 7. The Hall–Kier alpha value is -6.59. The summed E-state index contributed by atoms with van der Waals surface area (Å²) in [7, 11) is 0. The number of anilines is 6. The third-order valence-corrected chi connectivity index (χ3v) is 9.94. The highest BCUT2D eigenvalue weighted by Gasteiger charge is 2.24. The number of fused-ring (bicyclic) bond motifs is 1. The summed E-state index contributed by atoms with van der Waals surface area (Å²) in [6.45, 7) is 13.2. The zero-order valence-electron chi connectivity index (χ0n) is 31.7. The van der Waals surface area contributed by atoms with Crippen molar-refractivity contribution in [3.05, 3.63) is 185 Å². The quantitative estimate of drug-likeness (QED) is 0.158. The summed E-state index contributed by atoms with van der Waals surface area (Å²) in [6, 6.07) is 53.1. The van der Waals surface area contributed by atoms with Crippen LogP contribution in [0.2, 0.25) is 0 Å². The molecule has 0 atom stereocenters. The van der Waals surface area contributed by atoms with Gasteiger partial charge in [-0.2, -0.15) is 9.97 Å². The fraction of sp³-hybridized carbons (Fsp3) is 0.122. The normalized spacial score (nSPS) is 11.1. The van der Waals surface area contributed by atoms with Crippen LogP contribution < -0.4 is 9.80 Å². The lowest BCUT2D eigenvalue weighted by Gasteiger charge is -2.33. The van der Waals surface area contributed by atoms with Gasteiger partial charge in [-0.25, -0.2) is 4.98 Å². The van der Waals surface area contributed by atoms with Gasteiger partial charge in [0.15, 0.2) is 11.6 Å². The van der Waals surface area contributed by atoms with Crippen molar-refractivity contribution in [2.24, 2.45) is 0 Å². The molecule has 0 saturated heterocycles. The number of hydrogen-bond donors (Lipinski definition) is 0. The maximum atomic E-state index is 5.25. The van der Waals surface area contributed by atoms with Crippen molar-refractivity contribution in [3.8, 4) is 22.8 Å². The van der Waals surface area contributed by atoms with Crippen molar-refractivity contribution >= 4 is 45.2 Å². The molecule has 8 rings (SSSR count). The highest BCUT2D eigenvalue weighted by atomic mass is 15.3. The molecule has 54 heavy (non-hydrogen) atoms. The van der Waals surface area contributed by atoms with Gasteiger partial charge >= 0.3 is 0 Å². The van der Waals surface area contributed by atoms with E-state index in [0.29, 0.717) is 17.6 Å². The predicted octanol–water partition coefficient (Wildman–Crippen LogP) is 13.1. The van der Waals surface area contributed by atoms with E-state index in [1.54, 1.807) is 0 Å². The molecule has 0 amide bonds. The zero-order chi connectivity index (χ0) is 37.3. The Morgan fingerprint density at radius 1 is 0.352 bits per heavy atom. The Morgan fingerprint density at radius 3 is 1.43 bits per heavy atom. The number of aromatic nitrogens is 3. The smallest absolute Gasteiger partial charge is 0.238 e. The highest BCUT2D eigenvalue weighted by molar-refractivity contribution is 5.88. The van der Waals surface area contributed by atoms with Crippen molar-refractivity contribution in [2.75, 3.05) is 9.80 Å². The lowest BCUT2D eigenvalue weighted by molar-refractivity contribution is 1.02. The third kappa shape index (κ3) is 6.72. The van der Waals surface area contributed by atoms with Gasteiger partial charge in [0, 0.05) is 22.5 Å². The molecule has 0 unspecified atom stereocenters. The molecular formula is C49H43N5. The van der Waals surface area contributed by atoms with Crippen LogP contribution in [-0.4, -0.2) is 15.0 Å². The van der Waals surface area contributed by atoms with Crippen LogP contribution in [0, 0.1) is 41.5 Å². The minimum Gasteiger partial charge on any atom is -0.309 e. The zero-order valence-corrected chi connectivity index (χ0v) is 31.7. The first-order valence-electron chi connectivity index (χ1n) is 18.5. The maximum Gasteiger partial charge on any atom is 0.238 e. The van der Waals surface area contributed by atoms with Crippen LogP contribution in [0.15, 0.2) is 152 Å². The van der Waals surface area contributed by atoms with Crippen molar-refractivity contribution < 1.29 is 0 Å². The van der Waals surface area contributed by atoms with Gasteiger partial charge in [0.1, 0.15) is 0 Å². The van der Waals surface area contributed by atoms with Gasteiger partial charge < -0.3 is 4.90 Å². The van der Waals surface area contributed by atoms with Crippen molar-refractivity contribution in [1.29, 1.82) is 0 Å². The second kappa shape index (κ2) is 14.4. The number of rotatable bonds is 8. The first kappa shape index (κ1) is 34.5. The number of para-hydroxylation sites is 1. The first-order valence-corrected chi connectivity index (χ1v) is 18.5. The van der Waals surface area contributed by atoms with E-state index in [2.05, 4.69) is 167 Å². The molecule has 0 radical (unpaired) electrons. The molecule has 0 bridgehead atoms. The van der Waals surface area contributed by atoms with Crippen LogP contribution in [0.1, 0.15) is 33.4 Å². The number of hydrogen-bond acceptors (Lipinski definition) is 5. The second-order valence-corrected chi connectivity index (χ2v) is 14.2. The summed E-state index contributed by atoms with van der Waals surface area (Å²) < 4.78 is 0. The minimum atomic E-state index is 0.535. The molecule has 0 aliphatic carbocycles. The summed E-state index contributed by atoms with van der Waals surface area (Å²) in [6.07, 6.45) is 0. The summed E-state index contributed by atoms with van der Waals surface area (Å²) >= 11 is 0. The second-order valence-electron chi connectivity index (χ2n) is 14.2. The standard InChI is InChI=1S/C49H43N5/c1-32-26-34(3)45(35(4)27-32)54(46-36(5)28-33(2)29-37(46)6)44-23-15-22-43(31-44)53(42-20-11-8-12-21-42)49-51-47(39-17-9-7-10-18-39)50-48(52-49)41-25-24-38-16-13-14-19-40(38)30-41/h7-31H,1-6H3. The molecule has 264 valence electrons. The molecule has 1 heterocycles. The molecular weight excluding hydrogens is 659 g/mol. The van der Waals surface area contributed by atoms with E-state index in [-0.39, 0.29) is 0 Å².